The van der Waals surface area contributed by atoms with Crippen molar-refractivity contribution in [2.45, 2.75) is 19.0 Å². The number of carbonyl (C=O) groups is 1. The summed E-state index contributed by atoms with van der Waals surface area (Å²) in [6, 6.07) is 9.56. The van der Waals surface area contributed by atoms with Gasteiger partial charge in [0, 0.05) is 25.1 Å². The summed E-state index contributed by atoms with van der Waals surface area (Å²) in [5, 5.41) is 3.84. The van der Waals surface area contributed by atoms with Crippen LogP contribution in [0.25, 0.3) is 0 Å². The van der Waals surface area contributed by atoms with E-state index in [9.17, 15) is 4.79 Å². The Bertz CT molecular complexity index is 731. The first kappa shape index (κ1) is 16.4. The van der Waals surface area contributed by atoms with Crippen LogP contribution in [-0.2, 0) is 16.6 Å². The molecule has 1 aliphatic rings. The summed E-state index contributed by atoms with van der Waals surface area (Å²) in [5.74, 6) is -0.289. The number of carbonyl (C=O) groups excluding carboxylic acids is 1. The molecule has 0 amide bonds. The van der Waals surface area contributed by atoms with E-state index in [1.807, 2.05) is 53.0 Å². The monoisotopic (exact) mass is 344 g/mol. The van der Waals surface area contributed by atoms with Crippen LogP contribution in [0.4, 0.5) is 0 Å². The summed E-state index contributed by atoms with van der Waals surface area (Å²) in [6.45, 7) is 2.26. The van der Waals surface area contributed by atoms with Gasteiger partial charge in [-0.1, -0.05) is 6.07 Å². The van der Waals surface area contributed by atoms with Crippen LogP contribution in [0, 0.1) is 0 Å². The Hall–Kier alpha value is -2.41. The second kappa shape index (κ2) is 7.00. The summed E-state index contributed by atoms with van der Waals surface area (Å²) < 4.78 is 7.13. The third-order valence-electron chi connectivity index (χ3n) is 4.09. The number of nitrogens with one attached hydrogen (secondary N) is 1. The molecule has 0 aromatic carbocycles. The minimum absolute atomic E-state index is 0.110. The topological polar surface area (TPSA) is 59.4 Å². The zero-order valence-corrected chi connectivity index (χ0v) is 14.5. The van der Waals surface area contributed by atoms with Gasteiger partial charge in [0.15, 0.2) is 5.11 Å². The van der Waals surface area contributed by atoms with Crippen molar-refractivity contribution in [2.75, 3.05) is 13.2 Å². The maximum atomic E-state index is 12.0. The molecule has 0 unspecified atom stereocenters. The molecule has 1 fully saturated rings. The molecule has 6 nitrogen and oxygen atoms in total. The van der Waals surface area contributed by atoms with Crippen LogP contribution in [0.3, 0.4) is 0 Å². The van der Waals surface area contributed by atoms with E-state index in [1.54, 1.807) is 13.1 Å². The zero-order valence-electron chi connectivity index (χ0n) is 13.7. The van der Waals surface area contributed by atoms with Crippen molar-refractivity contribution >= 4 is 23.3 Å². The second-order valence-electron chi connectivity index (χ2n) is 5.60. The van der Waals surface area contributed by atoms with E-state index in [0.717, 1.165) is 11.4 Å². The molecule has 2 atom stereocenters. The molecule has 0 radical (unpaired) electrons. The van der Waals surface area contributed by atoms with Crippen molar-refractivity contribution in [1.29, 1.82) is 0 Å². The number of pyridine rings is 1. The minimum Gasteiger partial charge on any atom is -0.465 e. The average Bonchev–Trinajstić information content (AvgIpc) is 3.12. The van der Waals surface area contributed by atoms with Crippen LogP contribution in [0.2, 0.25) is 0 Å². The Morgan fingerprint density at radius 2 is 2.21 bits per heavy atom. The smallest absolute Gasteiger partial charge is 0.325 e. The summed E-state index contributed by atoms with van der Waals surface area (Å²) in [6.07, 6.45) is 3.74. The van der Waals surface area contributed by atoms with Crippen molar-refractivity contribution in [3.05, 3.63) is 54.1 Å². The Balaban J connectivity index is 1.97. The molecule has 126 valence electrons. The molecule has 1 N–H and O–H groups in total. The van der Waals surface area contributed by atoms with Gasteiger partial charge < -0.3 is 19.5 Å². The molecule has 0 spiro atoms. The van der Waals surface area contributed by atoms with Gasteiger partial charge in [-0.2, -0.15) is 0 Å². The second-order valence-corrected chi connectivity index (χ2v) is 5.99. The van der Waals surface area contributed by atoms with Crippen molar-refractivity contribution in [1.82, 2.24) is 19.8 Å². The van der Waals surface area contributed by atoms with Crippen LogP contribution < -0.4 is 5.32 Å². The van der Waals surface area contributed by atoms with Crippen molar-refractivity contribution in [3.8, 4) is 0 Å². The number of ether oxygens (including phenoxy) is 1. The normalized spacial score (nSPS) is 20.1. The average molecular weight is 344 g/mol. The van der Waals surface area contributed by atoms with E-state index in [2.05, 4.69) is 10.3 Å². The molecule has 24 heavy (non-hydrogen) atoms. The lowest BCUT2D eigenvalue weighted by atomic mass is 10.0. The van der Waals surface area contributed by atoms with Crippen LogP contribution in [0.15, 0.2) is 42.7 Å². The number of nitrogens with zero attached hydrogens (tertiary/aromatic N) is 3. The molecule has 1 aliphatic heterocycles. The molecule has 0 saturated carbocycles. The number of hydrogen-bond acceptors (Lipinski definition) is 4. The lowest BCUT2D eigenvalue weighted by Crippen LogP contribution is -2.35. The molecule has 2 aromatic rings. The molecule has 2 aromatic heterocycles. The van der Waals surface area contributed by atoms with Gasteiger partial charge >= 0.3 is 5.97 Å². The molecule has 0 bridgehead atoms. The predicted octanol–water partition coefficient (Wildman–Crippen LogP) is 1.96. The lowest BCUT2D eigenvalue weighted by molar-refractivity contribution is -0.143. The maximum Gasteiger partial charge on any atom is 0.325 e. The number of hydrogen-bond donors (Lipinski definition) is 1. The van der Waals surface area contributed by atoms with E-state index in [1.165, 1.54) is 0 Å². The Morgan fingerprint density at radius 1 is 1.38 bits per heavy atom. The van der Waals surface area contributed by atoms with Gasteiger partial charge in [-0.25, -0.2) is 0 Å². The molecule has 3 rings (SSSR count). The summed E-state index contributed by atoms with van der Waals surface area (Å²) in [4.78, 5) is 18.4. The van der Waals surface area contributed by atoms with Gasteiger partial charge in [0.05, 0.1) is 24.4 Å². The van der Waals surface area contributed by atoms with Crippen LogP contribution in [0.5, 0.6) is 0 Å². The van der Waals surface area contributed by atoms with Crippen LogP contribution in [0.1, 0.15) is 30.4 Å². The standard InChI is InChI=1S/C17H20N4O2S/c1-3-23-14(22)11-21-16(13-8-6-10-20(13)2)15(19-17(21)24)12-7-4-5-9-18-12/h4-10,15-16H,3,11H2,1-2H3,(H,19,24)/t15-,16-/m0/s1. The number of aromatic nitrogens is 2. The fourth-order valence-electron chi connectivity index (χ4n) is 3.02. The SMILES string of the molecule is CCOC(=O)CN1C(=S)N[C@@H](c2ccccn2)[C@@H]1c1cccn1C. The molecule has 3 heterocycles. The molecule has 0 aliphatic carbocycles. The first-order valence-corrected chi connectivity index (χ1v) is 8.27. The molecular formula is C17H20N4O2S. The van der Waals surface area contributed by atoms with Gasteiger partial charge in [-0.15, -0.1) is 0 Å². The highest BCUT2D eigenvalue weighted by atomic mass is 32.1. The van der Waals surface area contributed by atoms with Gasteiger partial charge in [-0.05, 0) is 43.4 Å². The van der Waals surface area contributed by atoms with E-state index in [4.69, 9.17) is 17.0 Å². The number of aryl methyl sites for hydroxylation is 1. The lowest BCUT2D eigenvalue weighted by Gasteiger charge is -2.27. The number of thiocarbonyl (C=S) groups is 1. The summed E-state index contributed by atoms with van der Waals surface area (Å²) >= 11 is 5.48. The Kier molecular flexibility index (Phi) is 4.80. The number of rotatable bonds is 5. The third-order valence-corrected chi connectivity index (χ3v) is 4.44. The summed E-state index contributed by atoms with van der Waals surface area (Å²) in [5.41, 5.74) is 1.94. The Labute approximate surface area is 146 Å². The van der Waals surface area contributed by atoms with Crippen molar-refractivity contribution in [3.63, 3.8) is 0 Å². The highest BCUT2D eigenvalue weighted by Crippen LogP contribution is 2.38. The van der Waals surface area contributed by atoms with Gasteiger partial charge in [-0.3, -0.25) is 9.78 Å². The van der Waals surface area contributed by atoms with Gasteiger partial charge in [0.1, 0.15) is 6.54 Å². The van der Waals surface area contributed by atoms with E-state index in [-0.39, 0.29) is 24.6 Å². The highest BCUT2D eigenvalue weighted by molar-refractivity contribution is 7.80. The fourth-order valence-corrected chi connectivity index (χ4v) is 3.33. The first-order chi connectivity index (χ1) is 11.6. The van der Waals surface area contributed by atoms with Gasteiger partial charge in [0.2, 0.25) is 0 Å². The van der Waals surface area contributed by atoms with Crippen molar-refractivity contribution in [2.24, 2.45) is 7.05 Å². The predicted molar refractivity (Wildman–Crippen MR) is 94.2 cm³/mol. The minimum atomic E-state index is -0.289. The zero-order chi connectivity index (χ0) is 17.1. The molecule has 1 saturated heterocycles. The van der Waals surface area contributed by atoms with Crippen molar-refractivity contribution < 1.29 is 9.53 Å². The van der Waals surface area contributed by atoms with Crippen LogP contribution >= 0.6 is 12.2 Å². The largest absolute Gasteiger partial charge is 0.465 e. The fraction of sp³-hybridized carbons (Fsp3) is 0.353. The first-order valence-electron chi connectivity index (χ1n) is 7.86. The molecular weight excluding hydrogens is 324 g/mol. The third kappa shape index (κ3) is 3.12. The molecule has 7 heteroatoms. The summed E-state index contributed by atoms with van der Waals surface area (Å²) in [7, 11) is 1.98. The quantitative estimate of drug-likeness (QED) is 0.661. The van der Waals surface area contributed by atoms with E-state index >= 15 is 0 Å². The highest BCUT2D eigenvalue weighted by Gasteiger charge is 2.41. The van der Waals surface area contributed by atoms with Crippen LogP contribution in [-0.4, -0.2) is 38.7 Å². The Morgan fingerprint density at radius 3 is 2.83 bits per heavy atom. The maximum absolute atomic E-state index is 12.0. The number of esters is 1. The van der Waals surface area contributed by atoms with E-state index < -0.39 is 0 Å². The van der Waals surface area contributed by atoms with E-state index in [0.29, 0.717) is 11.7 Å². The van der Waals surface area contributed by atoms with Gasteiger partial charge in [0.25, 0.3) is 0 Å².